The third-order valence-electron chi connectivity index (χ3n) is 4.86. The lowest BCUT2D eigenvalue weighted by atomic mass is 9.82. The molecule has 2 aliphatic rings. The number of carbonyl (C=O) groups is 2. The summed E-state index contributed by atoms with van der Waals surface area (Å²) in [6.45, 7) is 2.76. The monoisotopic (exact) mass is 297 g/mol. The molecule has 6 nitrogen and oxygen atoms in total. The normalized spacial score (nSPS) is 23.5. The molecule has 1 saturated heterocycles. The summed E-state index contributed by atoms with van der Waals surface area (Å²) in [4.78, 5) is 25.8. The van der Waals surface area contributed by atoms with Gasteiger partial charge < -0.3 is 20.6 Å². The number of rotatable bonds is 4. The third kappa shape index (κ3) is 4.33. The number of likely N-dealkylation sites (tertiary alicyclic amines) is 1. The number of hydrogen-bond donors (Lipinski definition) is 3. The van der Waals surface area contributed by atoms with Gasteiger partial charge in [0.25, 0.3) is 0 Å². The summed E-state index contributed by atoms with van der Waals surface area (Å²) >= 11 is 0. The minimum absolute atomic E-state index is 0.335. The number of nitrogens with zero attached hydrogens (tertiary/aromatic N) is 1. The van der Waals surface area contributed by atoms with Crippen molar-refractivity contribution in [3.63, 3.8) is 0 Å². The Kier molecular flexibility index (Phi) is 5.45. The SMILES string of the molecule is CN1CCC(CNC(=O)NC2(C(=O)O)CCCCC2)CC1. The number of nitrogens with one attached hydrogen (secondary N) is 2. The summed E-state index contributed by atoms with van der Waals surface area (Å²) in [5.74, 6) is -0.407. The number of carboxylic acids is 1. The number of aliphatic carboxylic acids is 1. The second-order valence-electron chi connectivity index (χ2n) is 6.53. The minimum Gasteiger partial charge on any atom is -0.480 e. The van der Waals surface area contributed by atoms with Crippen LogP contribution in [0.1, 0.15) is 44.9 Å². The van der Waals surface area contributed by atoms with Crippen LogP contribution in [0, 0.1) is 5.92 Å². The molecule has 0 aromatic heterocycles. The number of hydrogen-bond acceptors (Lipinski definition) is 3. The minimum atomic E-state index is -1.06. The van der Waals surface area contributed by atoms with Gasteiger partial charge in [-0.3, -0.25) is 0 Å². The van der Waals surface area contributed by atoms with Crippen LogP contribution in [0.4, 0.5) is 4.79 Å². The topological polar surface area (TPSA) is 81.7 Å². The van der Waals surface area contributed by atoms with Gasteiger partial charge in [0.1, 0.15) is 5.54 Å². The Balaban J connectivity index is 1.78. The number of carboxylic acid groups (broad SMARTS) is 1. The van der Waals surface area contributed by atoms with Crippen molar-refractivity contribution in [2.45, 2.75) is 50.5 Å². The molecule has 0 radical (unpaired) electrons. The van der Waals surface area contributed by atoms with E-state index in [9.17, 15) is 14.7 Å². The summed E-state index contributed by atoms with van der Waals surface area (Å²) in [5.41, 5.74) is -1.06. The quantitative estimate of drug-likeness (QED) is 0.733. The molecule has 0 atom stereocenters. The van der Waals surface area contributed by atoms with E-state index >= 15 is 0 Å². The molecular weight excluding hydrogens is 270 g/mol. The van der Waals surface area contributed by atoms with E-state index in [-0.39, 0.29) is 6.03 Å². The lowest BCUT2D eigenvalue weighted by molar-refractivity contribution is -0.145. The maximum Gasteiger partial charge on any atom is 0.329 e. The van der Waals surface area contributed by atoms with Crippen molar-refractivity contribution in [1.82, 2.24) is 15.5 Å². The molecule has 1 saturated carbocycles. The smallest absolute Gasteiger partial charge is 0.329 e. The number of urea groups is 1. The number of amides is 2. The van der Waals surface area contributed by atoms with Crippen LogP contribution in [0.5, 0.6) is 0 Å². The van der Waals surface area contributed by atoms with E-state index in [1.807, 2.05) is 0 Å². The fraction of sp³-hybridized carbons (Fsp3) is 0.867. The van der Waals surface area contributed by atoms with Crippen molar-refractivity contribution >= 4 is 12.0 Å². The van der Waals surface area contributed by atoms with Crippen LogP contribution in [0.3, 0.4) is 0 Å². The van der Waals surface area contributed by atoms with Gasteiger partial charge in [-0.05, 0) is 51.7 Å². The largest absolute Gasteiger partial charge is 0.480 e. The van der Waals surface area contributed by atoms with Crippen molar-refractivity contribution in [2.75, 3.05) is 26.7 Å². The van der Waals surface area contributed by atoms with Crippen LogP contribution >= 0.6 is 0 Å². The van der Waals surface area contributed by atoms with Crippen molar-refractivity contribution in [1.29, 1.82) is 0 Å². The van der Waals surface area contributed by atoms with Gasteiger partial charge in [-0.2, -0.15) is 0 Å². The lowest BCUT2D eigenvalue weighted by Gasteiger charge is -2.34. The molecule has 6 heteroatoms. The molecule has 1 aliphatic carbocycles. The fourth-order valence-electron chi connectivity index (χ4n) is 3.31. The van der Waals surface area contributed by atoms with E-state index in [1.165, 1.54) is 0 Å². The summed E-state index contributed by atoms with van der Waals surface area (Å²) in [7, 11) is 2.11. The van der Waals surface area contributed by atoms with E-state index in [0.29, 0.717) is 25.3 Å². The Morgan fingerprint density at radius 2 is 1.81 bits per heavy atom. The zero-order chi connectivity index (χ0) is 15.3. The molecule has 21 heavy (non-hydrogen) atoms. The van der Waals surface area contributed by atoms with E-state index < -0.39 is 11.5 Å². The third-order valence-corrected chi connectivity index (χ3v) is 4.86. The van der Waals surface area contributed by atoms with Crippen LogP contribution in [-0.2, 0) is 4.79 Å². The molecular formula is C15H27N3O3. The van der Waals surface area contributed by atoms with Crippen molar-refractivity contribution < 1.29 is 14.7 Å². The summed E-state index contributed by atoms with van der Waals surface area (Å²) in [6.07, 6.45) is 6.01. The van der Waals surface area contributed by atoms with Crippen LogP contribution < -0.4 is 10.6 Å². The second-order valence-corrected chi connectivity index (χ2v) is 6.53. The van der Waals surface area contributed by atoms with Gasteiger partial charge in [-0.15, -0.1) is 0 Å². The van der Waals surface area contributed by atoms with Crippen molar-refractivity contribution in [3.8, 4) is 0 Å². The average Bonchev–Trinajstić information content (AvgIpc) is 2.47. The zero-order valence-electron chi connectivity index (χ0n) is 12.9. The molecule has 0 unspecified atom stereocenters. The highest BCUT2D eigenvalue weighted by Crippen LogP contribution is 2.28. The maximum atomic E-state index is 12.0. The molecule has 0 bridgehead atoms. The van der Waals surface area contributed by atoms with Gasteiger partial charge in [-0.25, -0.2) is 9.59 Å². The van der Waals surface area contributed by atoms with E-state index in [0.717, 1.165) is 45.2 Å². The standard InChI is InChI=1S/C15H27N3O3/c1-18-9-5-12(6-10-18)11-16-14(21)17-15(13(19)20)7-3-2-4-8-15/h12H,2-11H2,1H3,(H,19,20)(H2,16,17,21). The molecule has 0 aromatic rings. The first kappa shape index (κ1) is 16.1. The summed E-state index contributed by atoms with van der Waals surface area (Å²) in [6, 6.07) is -0.335. The Bertz CT molecular complexity index is 372. The Morgan fingerprint density at radius 3 is 2.38 bits per heavy atom. The molecule has 1 heterocycles. The van der Waals surface area contributed by atoms with E-state index in [1.54, 1.807) is 0 Å². The summed E-state index contributed by atoms with van der Waals surface area (Å²) in [5, 5.41) is 15.0. The fourth-order valence-corrected chi connectivity index (χ4v) is 3.31. The number of piperidine rings is 1. The zero-order valence-corrected chi connectivity index (χ0v) is 12.9. The van der Waals surface area contributed by atoms with Gasteiger partial charge in [0.05, 0.1) is 0 Å². The lowest BCUT2D eigenvalue weighted by Crippen LogP contribution is -2.58. The van der Waals surface area contributed by atoms with Crippen LogP contribution in [0.25, 0.3) is 0 Å². The number of carbonyl (C=O) groups excluding carboxylic acids is 1. The van der Waals surface area contributed by atoms with E-state index in [4.69, 9.17) is 0 Å². The van der Waals surface area contributed by atoms with Gasteiger partial charge in [0, 0.05) is 6.54 Å². The maximum absolute atomic E-state index is 12.0. The molecule has 3 N–H and O–H groups in total. The van der Waals surface area contributed by atoms with Gasteiger partial charge in [0.2, 0.25) is 0 Å². The molecule has 0 spiro atoms. The average molecular weight is 297 g/mol. The molecule has 2 fully saturated rings. The predicted octanol–water partition coefficient (Wildman–Crippen LogP) is 1.41. The summed E-state index contributed by atoms with van der Waals surface area (Å²) < 4.78 is 0. The van der Waals surface area contributed by atoms with Crippen LogP contribution in [0.2, 0.25) is 0 Å². The molecule has 0 aromatic carbocycles. The van der Waals surface area contributed by atoms with Crippen LogP contribution in [0.15, 0.2) is 0 Å². The molecule has 1 aliphatic heterocycles. The molecule has 2 amide bonds. The Labute approximate surface area is 126 Å². The first-order valence-electron chi connectivity index (χ1n) is 8.00. The molecule has 120 valence electrons. The second kappa shape index (κ2) is 7.11. The highest BCUT2D eigenvalue weighted by molar-refractivity contribution is 5.86. The highest BCUT2D eigenvalue weighted by atomic mass is 16.4. The predicted molar refractivity (Wildman–Crippen MR) is 80.2 cm³/mol. The molecule has 2 rings (SSSR count). The van der Waals surface area contributed by atoms with Crippen molar-refractivity contribution in [3.05, 3.63) is 0 Å². The van der Waals surface area contributed by atoms with Gasteiger partial charge in [0.15, 0.2) is 0 Å². The Morgan fingerprint density at radius 1 is 1.19 bits per heavy atom. The van der Waals surface area contributed by atoms with Gasteiger partial charge in [-0.1, -0.05) is 19.3 Å². The first-order chi connectivity index (χ1) is 10.0. The first-order valence-corrected chi connectivity index (χ1v) is 8.00. The highest BCUT2D eigenvalue weighted by Gasteiger charge is 2.41. The van der Waals surface area contributed by atoms with Crippen molar-refractivity contribution in [2.24, 2.45) is 5.92 Å². The van der Waals surface area contributed by atoms with Gasteiger partial charge >= 0.3 is 12.0 Å². The Hall–Kier alpha value is -1.30. The van der Waals surface area contributed by atoms with E-state index in [2.05, 4.69) is 22.6 Å². The van der Waals surface area contributed by atoms with Crippen LogP contribution in [-0.4, -0.2) is 54.2 Å².